The molecule has 4 heteroatoms. The Morgan fingerprint density at radius 2 is 2.00 bits per heavy atom. The third kappa shape index (κ3) is 2.40. The van der Waals surface area contributed by atoms with E-state index in [2.05, 4.69) is 9.73 Å². The fourth-order valence-electron chi connectivity index (χ4n) is 2.60. The molecule has 0 fully saturated rings. The van der Waals surface area contributed by atoms with Crippen LogP contribution in [-0.2, 0) is 9.53 Å². The maximum Gasteiger partial charge on any atom is 0.342 e. The molecule has 1 atom stereocenters. The van der Waals surface area contributed by atoms with Gasteiger partial charge >= 0.3 is 5.97 Å². The molecule has 1 heterocycles. The second-order valence-corrected chi connectivity index (χ2v) is 4.92. The molecule has 21 heavy (non-hydrogen) atoms. The van der Waals surface area contributed by atoms with Crippen LogP contribution in [0.15, 0.2) is 58.8 Å². The molecule has 0 bridgehead atoms. The van der Waals surface area contributed by atoms with Crippen LogP contribution >= 0.6 is 0 Å². The van der Waals surface area contributed by atoms with Crippen LogP contribution in [0.2, 0.25) is 0 Å². The second kappa shape index (κ2) is 5.40. The number of rotatable bonds is 2. The Hall–Kier alpha value is -2.62. The molecule has 2 aromatic carbocycles. The molecular formula is C17H15NO3. The minimum Gasteiger partial charge on any atom is -0.511 e. The van der Waals surface area contributed by atoms with Crippen molar-refractivity contribution in [1.29, 1.82) is 0 Å². The summed E-state index contributed by atoms with van der Waals surface area (Å²) in [5.41, 5.74) is 1.17. The third-order valence-corrected chi connectivity index (χ3v) is 3.67. The van der Waals surface area contributed by atoms with Gasteiger partial charge in [-0.3, -0.25) is 4.99 Å². The molecule has 0 saturated heterocycles. The fourth-order valence-corrected chi connectivity index (χ4v) is 2.60. The summed E-state index contributed by atoms with van der Waals surface area (Å²) in [5, 5.41) is 12.3. The van der Waals surface area contributed by atoms with E-state index >= 15 is 0 Å². The highest BCUT2D eigenvalue weighted by atomic mass is 16.5. The van der Waals surface area contributed by atoms with E-state index in [4.69, 9.17) is 0 Å². The Morgan fingerprint density at radius 1 is 1.24 bits per heavy atom. The number of carbonyl (C=O) groups excluding carboxylic acids is 1. The summed E-state index contributed by atoms with van der Waals surface area (Å²) in [5.74, 6) is -0.539. The Morgan fingerprint density at radius 3 is 2.76 bits per heavy atom. The highest BCUT2D eigenvalue weighted by molar-refractivity contribution is 6.10. The molecule has 1 aliphatic heterocycles. The van der Waals surface area contributed by atoms with Gasteiger partial charge in [-0.2, -0.15) is 0 Å². The number of aliphatic hydroxyl groups is 1. The van der Waals surface area contributed by atoms with Gasteiger partial charge in [-0.25, -0.2) is 4.79 Å². The normalized spacial score (nSPS) is 18.0. The van der Waals surface area contributed by atoms with Gasteiger partial charge in [0, 0.05) is 12.6 Å². The molecule has 0 spiro atoms. The number of benzene rings is 2. The fraction of sp³-hybridized carbons (Fsp3) is 0.176. The number of aliphatic hydroxyl groups excluding tert-OH is 1. The van der Waals surface area contributed by atoms with Gasteiger partial charge in [0.25, 0.3) is 0 Å². The van der Waals surface area contributed by atoms with Crippen LogP contribution in [0.4, 0.5) is 0 Å². The van der Waals surface area contributed by atoms with E-state index in [9.17, 15) is 9.90 Å². The Kier molecular flexibility index (Phi) is 3.44. The van der Waals surface area contributed by atoms with Gasteiger partial charge < -0.3 is 9.84 Å². The molecule has 2 aromatic rings. The van der Waals surface area contributed by atoms with Crippen molar-refractivity contribution in [3.63, 3.8) is 0 Å². The number of methoxy groups -OCH3 is 1. The third-order valence-electron chi connectivity index (χ3n) is 3.67. The van der Waals surface area contributed by atoms with E-state index in [0.717, 1.165) is 16.3 Å². The van der Waals surface area contributed by atoms with E-state index in [1.807, 2.05) is 42.5 Å². The molecule has 4 nitrogen and oxygen atoms in total. The van der Waals surface area contributed by atoms with Gasteiger partial charge in [0.1, 0.15) is 11.3 Å². The number of carbonyl (C=O) groups is 1. The summed E-state index contributed by atoms with van der Waals surface area (Å²) in [7, 11) is 1.28. The summed E-state index contributed by atoms with van der Waals surface area (Å²) in [6.07, 6.45) is 1.70. The molecule has 1 aliphatic rings. The first kappa shape index (κ1) is 13.4. The number of dihydropyridines is 1. The summed E-state index contributed by atoms with van der Waals surface area (Å²) >= 11 is 0. The number of nitrogens with zero attached hydrogens (tertiary/aromatic N) is 1. The molecular weight excluding hydrogens is 266 g/mol. The predicted molar refractivity (Wildman–Crippen MR) is 81.5 cm³/mol. The van der Waals surface area contributed by atoms with Gasteiger partial charge in [-0.05, 0) is 16.3 Å². The summed E-state index contributed by atoms with van der Waals surface area (Å²) in [4.78, 5) is 15.9. The van der Waals surface area contributed by atoms with Crippen LogP contribution in [-0.4, -0.2) is 24.4 Å². The number of aliphatic imine (C=N–C) groups is 1. The molecule has 3 rings (SSSR count). The SMILES string of the molecule is COC(=O)C1=C(O)CC(c2cccc3ccccc23)N=C1. The maximum absolute atomic E-state index is 11.5. The molecule has 1 N–H and O–H groups in total. The second-order valence-electron chi connectivity index (χ2n) is 4.92. The van der Waals surface area contributed by atoms with E-state index in [-0.39, 0.29) is 17.4 Å². The molecule has 106 valence electrons. The number of hydrogen-bond acceptors (Lipinski definition) is 4. The summed E-state index contributed by atoms with van der Waals surface area (Å²) in [6, 6.07) is 13.9. The van der Waals surface area contributed by atoms with Crippen molar-refractivity contribution in [3.8, 4) is 0 Å². The van der Waals surface area contributed by atoms with Crippen molar-refractivity contribution in [2.75, 3.05) is 7.11 Å². The Balaban J connectivity index is 1.98. The predicted octanol–water partition coefficient (Wildman–Crippen LogP) is 3.34. The molecule has 0 amide bonds. The van der Waals surface area contributed by atoms with Gasteiger partial charge in [0.15, 0.2) is 0 Å². The molecule has 0 saturated carbocycles. The molecule has 0 aliphatic carbocycles. The lowest BCUT2D eigenvalue weighted by Crippen LogP contribution is -2.15. The molecule has 0 radical (unpaired) electrons. The lowest BCUT2D eigenvalue weighted by atomic mass is 9.94. The van der Waals surface area contributed by atoms with Crippen molar-refractivity contribution in [2.24, 2.45) is 4.99 Å². The number of hydrogen-bond donors (Lipinski definition) is 1. The van der Waals surface area contributed by atoms with Gasteiger partial charge in [0.2, 0.25) is 0 Å². The van der Waals surface area contributed by atoms with E-state index in [1.165, 1.54) is 13.3 Å². The van der Waals surface area contributed by atoms with Crippen LogP contribution in [0.3, 0.4) is 0 Å². The largest absolute Gasteiger partial charge is 0.511 e. The monoisotopic (exact) mass is 281 g/mol. The van der Waals surface area contributed by atoms with Crippen LogP contribution < -0.4 is 0 Å². The van der Waals surface area contributed by atoms with Crippen molar-refractivity contribution < 1.29 is 14.6 Å². The van der Waals surface area contributed by atoms with Crippen molar-refractivity contribution in [3.05, 3.63) is 59.4 Å². The summed E-state index contributed by atoms with van der Waals surface area (Å²) < 4.78 is 4.62. The van der Waals surface area contributed by atoms with Crippen molar-refractivity contribution in [1.82, 2.24) is 0 Å². The summed E-state index contributed by atoms with van der Waals surface area (Å²) in [6.45, 7) is 0. The van der Waals surface area contributed by atoms with Gasteiger partial charge in [0.05, 0.1) is 13.2 Å². The van der Waals surface area contributed by atoms with Crippen LogP contribution in [0.25, 0.3) is 10.8 Å². The minimum absolute atomic E-state index is 0.0229. The highest BCUT2D eigenvalue weighted by Crippen LogP contribution is 2.33. The number of esters is 1. The molecule has 0 aromatic heterocycles. The first-order chi connectivity index (χ1) is 10.2. The van der Waals surface area contributed by atoms with E-state index in [1.54, 1.807) is 0 Å². The van der Waals surface area contributed by atoms with E-state index in [0.29, 0.717) is 6.42 Å². The first-order valence-electron chi connectivity index (χ1n) is 6.72. The zero-order valence-electron chi connectivity index (χ0n) is 11.6. The van der Waals surface area contributed by atoms with Crippen LogP contribution in [0.5, 0.6) is 0 Å². The lowest BCUT2D eigenvalue weighted by Gasteiger charge is -2.19. The Bertz CT molecular complexity index is 756. The quantitative estimate of drug-likeness (QED) is 0.859. The topological polar surface area (TPSA) is 58.9 Å². The van der Waals surface area contributed by atoms with Gasteiger partial charge in [-0.1, -0.05) is 42.5 Å². The zero-order chi connectivity index (χ0) is 14.8. The smallest absolute Gasteiger partial charge is 0.342 e. The average Bonchev–Trinajstić information content (AvgIpc) is 2.53. The van der Waals surface area contributed by atoms with Crippen LogP contribution in [0, 0.1) is 0 Å². The highest BCUT2D eigenvalue weighted by Gasteiger charge is 2.24. The number of ether oxygens (including phenoxy) is 1. The Labute approximate surface area is 122 Å². The lowest BCUT2D eigenvalue weighted by molar-refractivity contribution is -0.135. The maximum atomic E-state index is 11.5. The minimum atomic E-state index is -0.562. The number of fused-ring (bicyclic) bond motifs is 1. The zero-order valence-corrected chi connectivity index (χ0v) is 11.6. The standard InChI is InChI=1S/C17H15NO3/c1-21-17(20)14-10-18-15(9-16(14)19)13-8-4-6-11-5-2-3-7-12(11)13/h2-8,10,15,19H,9H2,1H3. The van der Waals surface area contributed by atoms with Gasteiger partial charge in [-0.15, -0.1) is 0 Å². The van der Waals surface area contributed by atoms with Crippen molar-refractivity contribution >= 4 is 23.0 Å². The van der Waals surface area contributed by atoms with Crippen LogP contribution in [0.1, 0.15) is 18.0 Å². The first-order valence-corrected chi connectivity index (χ1v) is 6.72. The molecule has 1 unspecified atom stereocenters. The average molecular weight is 281 g/mol. The van der Waals surface area contributed by atoms with Crippen molar-refractivity contribution in [2.45, 2.75) is 12.5 Å². The van der Waals surface area contributed by atoms with E-state index < -0.39 is 5.97 Å².